The minimum atomic E-state index is 0. The maximum atomic E-state index is 4.36. The molecule has 1 fully saturated rings. The Kier molecular flexibility index (Phi) is 9.55. The highest BCUT2D eigenvalue weighted by atomic mass is 127. The Hall–Kier alpha value is -0.820. The highest BCUT2D eigenvalue weighted by Gasteiger charge is 2.19. The Morgan fingerprint density at radius 3 is 2.57 bits per heavy atom. The second-order valence-electron chi connectivity index (χ2n) is 6.11. The van der Waals surface area contributed by atoms with Crippen LogP contribution in [0.1, 0.15) is 37.3 Å². The smallest absolute Gasteiger partial charge is 0.191 e. The molecule has 0 atom stereocenters. The summed E-state index contributed by atoms with van der Waals surface area (Å²) in [4.78, 5) is 6.92. The molecule has 1 aliphatic rings. The van der Waals surface area contributed by atoms with Crippen molar-refractivity contribution in [3.8, 4) is 0 Å². The van der Waals surface area contributed by atoms with Crippen molar-refractivity contribution in [3.63, 3.8) is 0 Å². The van der Waals surface area contributed by atoms with Crippen molar-refractivity contribution >= 4 is 29.9 Å². The summed E-state index contributed by atoms with van der Waals surface area (Å²) in [5.74, 6) is 0.914. The third-order valence-corrected chi connectivity index (χ3v) is 4.40. The largest absolute Gasteiger partial charge is 0.354 e. The Balaban J connectivity index is 0.00000264. The molecular weight excluding hydrogens is 399 g/mol. The van der Waals surface area contributed by atoms with Crippen LogP contribution in [0, 0.1) is 6.92 Å². The van der Waals surface area contributed by atoms with E-state index in [1.165, 1.54) is 50.0 Å². The SMILES string of the molecule is CCCN1CCC(NC(=NC)NCc2ccccc2C)CC1.I. The van der Waals surface area contributed by atoms with Gasteiger partial charge in [-0.25, -0.2) is 0 Å². The van der Waals surface area contributed by atoms with Crippen LogP contribution < -0.4 is 10.6 Å². The zero-order chi connectivity index (χ0) is 15.8. The molecule has 0 amide bonds. The van der Waals surface area contributed by atoms with Gasteiger partial charge in [0.25, 0.3) is 0 Å². The van der Waals surface area contributed by atoms with Crippen LogP contribution in [-0.2, 0) is 6.54 Å². The molecule has 23 heavy (non-hydrogen) atoms. The molecule has 2 rings (SSSR count). The second kappa shape index (κ2) is 10.9. The van der Waals surface area contributed by atoms with E-state index in [1.807, 2.05) is 7.05 Å². The van der Waals surface area contributed by atoms with Crippen LogP contribution in [0.15, 0.2) is 29.3 Å². The van der Waals surface area contributed by atoms with E-state index in [4.69, 9.17) is 0 Å². The van der Waals surface area contributed by atoms with E-state index in [9.17, 15) is 0 Å². The minimum Gasteiger partial charge on any atom is -0.354 e. The van der Waals surface area contributed by atoms with Crippen LogP contribution in [0.3, 0.4) is 0 Å². The predicted octanol–water partition coefficient (Wildman–Crippen LogP) is 3.15. The predicted molar refractivity (Wildman–Crippen MR) is 110 cm³/mol. The maximum Gasteiger partial charge on any atom is 0.191 e. The third-order valence-electron chi connectivity index (χ3n) is 4.40. The molecule has 0 aliphatic carbocycles. The number of benzene rings is 1. The lowest BCUT2D eigenvalue weighted by molar-refractivity contribution is 0.206. The fraction of sp³-hybridized carbons (Fsp3) is 0.611. The standard InChI is InChI=1S/C18H30N4.HI/c1-4-11-22-12-9-17(10-13-22)21-18(19-3)20-14-16-8-6-5-7-15(16)2;/h5-8,17H,4,9-14H2,1-3H3,(H2,19,20,21);1H. The van der Waals surface area contributed by atoms with Crippen molar-refractivity contribution in [1.29, 1.82) is 0 Å². The zero-order valence-electron chi connectivity index (χ0n) is 14.6. The number of likely N-dealkylation sites (tertiary alicyclic amines) is 1. The van der Waals surface area contributed by atoms with Gasteiger partial charge in [0.1, 0.15) is 0 Å². The maximum absolute atomic E-state index is 4.36. The van der Waals surface area contributed by atoms with Gasteiger partial charge in [-0.05, 0) is 43.9 Å². The number of aryl methyl sites for hydroxylation is 1. The van der Waals surface area contributed by atoms with Crippen LogP contribution in [0.5, 0.6) is 0 Å². The molecule has 0 spiro atoms. The number of hydrogen-bond donors (Lipinski definition) is 2. The Bertz CT molecular complexity index is 482. The molecule has 0 bridgehead atoms. The van der Waals surface area contributed by atoms with Crippen LogP contribution in [0.4, 0.5) is 0 Å². The van der Waals surface area contributed by atoms with Gasteiger partial charge in [0.05, 0.1) is 0 Å². The first-order valence-corrected chi connectivity index (χ1v) is 8.47. The zero-order valence-corrected chi connectivity index (χ0v) is 17.0. The summed E-state index contributed by atoms with van der Waals surface area (Å²) < 4.78 is 0. The summed E-state index contributed by atoms with van der Waals surface area (Å²) in [6.45, 7) is 8.84. The molecule has 1 aromatic rings. The fourth-order valence-corrected chi connectivity index (χ4v) is 2.99. The van der Waals surface area contributed by atoms with Crippen molar-refractivity contribution < 1.29 is 0 Å². The molecule has 1 heterocycles. The highest BCUT2D eigenvalue weighted by molar-refractivity contribution is 14.0. The molecule has 0 saturated carbocycles. The summed E-state index contributed by atoms with van der Waals surface area (Å²) in [6, 6.07) is 9.02. The fourth-order valence-electron chi connectivity index (χ4n) is 2.99. The summed E-state index contributed by atoms with van der Waals surface area (Å²) in [5, 5.41) is 7.01. The Morgan fingerprint density at radius 1 is 1.26 bits per heavy atom. The van der Waals surface area contributed by atoms with Crippen molar-refractivity contribution in [1.82, 2.24) is 15.5 Å². The number of guanidine groups is 1. The average molecular weight is 430 g/mol. The number of hydrogen-bond acceptors (Lipinski definition) is 2. The second-order valence-corrected chi connectivity index (χ2v) is 6.11. The van der Waals surface area contributed by atoms with Crippen molar-refractivity contribution in [2.24, 2.45) is 4.99 Å². The van der Waals surface area contributed by atoms with E-state index in [0.29, 0.717) is 6.04 Å². The monoisotopic (exact) mass is 430 g/mol. The quantitative estimate of drug-likeness (QED) is 0.429. The lowest BCUT2D eigenvalue weighted by atomic mass is 10.1. The van der Waals surface area contributed by atoms with Crippen LogP contribution in [-0.4, -0.2) is 43.6 Å². The van der Waals surface area contributed by atoms with E-state index in [1.54, 1.807) is 0 Å². The Labute approximate surface area is 158 Å². The number of nitrogens with one attached hydrogen (secondary N) is 2. The van der Waals surface area contributed by atoms with Gasteiger partial charge in [0.15, 0.2) is 5.96 Å². The van der Waals surface area contributed by atoms with Crippen molar-refractivity contribution in [2.45, 2.75) is 45.7 Å². The van der Waals surface area contributed by atoms with Gasteiger partial charge in [0.2, 0.25) is 0 Å². The lowest BCUT2D eigenvalue weighted by Gasteiger charge is -2.32. The summed E-state index contributed by atoms with van der Waals surface area (Å²) in [5.41, 5.74) is 2.64. The minimum absolute atomic E-state index is 0. The van der Waals surface area contributed by atoms with Crippen molar-refractivity contribution in [3.05, 3.63) is 35.4 Å². The van der Waals surface area contributed by atoms with Gasteiger partial charge in [-0.3, -0.25) is 4.99 Å². The number of aliphatic imine (C=N–C) groups is 1. The Morgan fingerprint density at radius 2 is 1.96 bits per heavy atom. The third kappa shape index (κ3) is 6.67. The van der Waals surface area contributed by atoms with E-state index < -0.39 is 0 Å². The number of rotatable bonds is 5. The number of halogens is 1. The molecule has 0 aromatic heterocycles. The van der Waals surface area contributed by atoms with E-state index >= 15 is 0 Å². The number of piperidine rings is 1. The van der Waals surface area contributed by atoms with Gasteiger partial charge in [-0.1, -0.05) is 31.2 Å². The molecular formula is C18H31IN4. The average Bonchev–Trinajstić information content (AvgIpc) is 2.54. The molecule has 4 nitrogen and oxygen atoms in total. The summed E-state index contributed by atoms with van der Waals surface area (Å²) in [6.07, 6.45) is 3.65. The van der Waals surface area contributed by atoms with Gasteiger partial charge in [-0.15, -0.1) is 24.0 Å². The molecule has 130 valence electrons. The number of nitrogens with zero attached hydrogens (tertiary/aromatic N) is 2. The van der Waals surface area contributed by atoms with Gasteiger partial charge < -0.3 is 15.5 Å². The van der Waals surface area contributed by atoms with Crippen molar-refractivity contribution in [2.75, 3.05) is 26.7 Å². The molecule has 1 aromatic carbocycles. The topological polar surface area (TPSA) is 39.7 Å². The van der Waals surface area contributed by atoms with E-state index in [0.717, 1.165) is 12.5 Å². The molecule has 1 saturated heterocycles. The van der Waals surface area contributed by atoms with Gasteiger partial charge in [0, 0.05) is 32.7 Å². The van der Waals surface area contributed by atoms with Gasteiger partial charge in [-0.2, -0.15) is 0 Å². The highest BCUT2D eigenvalue weighted by Crippen LogP contribution is 2.11. The normalized spacial score (nSPS) is 16.7. The van der Waals surface area contributed by atoms with Crippen LogP contribution >= 0.6 is 24.0 Å². The van der Waals surface area contributed by atoms with E-state index in [2.05, 4.69) is 58.6 Å². The first-order chi connectivity index (χ1) is 10.7. The van der Waals surface area contributed by atoms with Crippen LogP contribution in [0.25, 0.3) is 0 Å². The first kappa shape index (κ1) is 20.2. The first-order valence-electron chi connectivity index (χ1n) is 8.47. The molecule has 5 heteroatoms. The molecule has 0 radical (unpaired) electrons. The lowest BCUT2D eigenvalue weighted by Crippen LogP contribution is -2.48. The van der Waals surface area contributed by atoms with Crippen LogP contribution in [0.2, 0.25) is 0 Å². The summed E-state index contributed by atoms with van der Waals surface area (Å²) >= 11 is 0. The molecule has 1 aliphatic heterocycles. The molecule has 2 N–H and O–H groups in total. The van der Waals surface area contributed by atoms with E-state index in [-0.39, 0.29) is 24.0 Å². The summed E-state index contributed by atoms with van der Waals surface area (Å²) in [7, 11) is 1.85. The molecule has 0 unspecified atom stereocenters. The van der Waals surface area contributed by atoms with Gasteiger partial charge >= 0.3 is 0 Å².